The van der Waals surface area contributed by atoms with Crippen LogP contribution in [0.1, 0.15) is 42.0 Å². The molecule has 1 aromatic carbocycles. The van der Waals surface area contributed by atoms with Crippen LogP contribution in [0.3, 0.4) is 0 Å². The van der Waals surface area contributed by atoms with Gasteiger partial charge in [-0.15, -0.1) is 0 Å². The first-order chi connectivity index (χ1) is 12.0. The topological polar surface area (TPSA) is 85.4 Å². The third-order valence-corrected chi connectivity index (χ3v) is 3.96. The Morgan fingerprint density at radius 3 is 2.84 bits per heavy atom. The second-order valence-corrected chi connectivity index (χ2v) is 6.04. The largest absolute Gasteiger partial charge is 0.454 e. The molecule has 1 atom stereocenters. The molecule has 7 heteroatoms. The fraction of sp³-hybridized carbons (Fsp3) is 0.389. The van der Waals surface area contributed by atoms with E-state index in [1.807, 2.05) is 32.0 Å². The minimum absolute atomic E-state index is 0.233. The zero-order valence-corrected chi connectivity index (χ0v) is 14.6. The SMILES string of the molecule is CCC(C)Nc1nc(C)cc(C(=O)NCc2ccc3c(c2)OCO3)n1. The highest BCUT2D eigenvalue weighted by Crippen LogP contribution is 2.32. The van der Waals surface area contributed by atoms with Crippen LogP contribution < -0.4 is 20.1 Å². The highest BCUT2D eigenvalue weighted by Gasteiger charge is 2.15. The molecular weight excluding hydrogens is 320 g/mol. The van der Waals surface area contributed by atoms with Crippen LogP contribution in [0, 0.1) is 6.92 Å². The summed E-state index contributed by atoms with van der Waals surface area (Å²) in [5, 5.41) is 6.07. The molecule has 132 valence electrons. The van der Waals surface area contributed by atoms with Crippen molar-refractivity contribution >= 4 is 11.9 Å². The van der Waals surface area contributed by atoms with Gasteiger partial charge in [-0.2, -0.15) is 0 Å². The summed E-state index contributed by atoms with van der Waals surface area (Å²) in [5.74, 6) is 1.66. The van der Waals surface area contributed by atoms with Crippen molar-refractivity contribution in [2.24, 2.45) is 0 Å². The van der Waals surface area contributed by atoms with E-state index in [-0.39, 0.29) is 18.7 Å². The Morgan fingerprint density at radius 2 is 2.04 bits per heavy atom. The first-order valence-electron chi connectivity index (χ1n) is 8.34. The average molecular weight is 342 g/mol. The molecule has 25 heavy (non-hydrogen) atoms. The molecule has 1 aliphatic rings. The Bertz CT molecular complexity index is 779. The number of hydrogen-bond acceptors (Lipinski definition) is 6. The summed E-state index contributed by atoms with van der Waals surface area (Å²) in [6, 6.07) is 7.52. The highest BCUT2D eigenvalue weighted by molar-refractivity contribution is 5.92. The third-order valence-electron chi connectivity index (χ3n) is 3.96. The molecule has 1 amide bonds. The number of aromatic nitrogens is 2. The molecule has 0 fully saturated rings. The van der Waals surface area contributed by atoms with Crippen molar-refractivity contribution in [2.45, 2.75) is 39.8 Å². The molecule has 2 heterocycles. The Labute approximate surface area is 146 Å². The summed E-state index contributed by atoms with van der Waals surface area (Å²) in [4.78, 5) is 21.1. The number of nitrogens with one attached hydrogen (secondary N) is 2. The Balaban J connectivity index is 1.66. The lowest BCUT2D eigenvalue weighted by Crippen LogP contribution is -2.25. The molecule has 0 saturated heterocycles. The van der Waals surface area contributed by atoms with Crippen molar-refractivity contribution < 1.29 is 14.3 Å². The molecule has 1 unspecified atom stereocenters. The van der Waals surface area contributed by atoms with Gasteiger partial charge >= 0.3 is 0 Å². The third kappa shape index (κ3) is 4.17. The standard InChI is InChI=1S/C18H22N4O3/c1-4-11(2)20-18-21-12(3)7-14(22-18)17(23)19-9-13-5-6-15-16(8-13)25-10-24-15/h5-8,11H,4,9-10H2,1-3H3,(H,19,23)(H,20,21,22). The molecule has 3 rings (SSSR count). The molecular formula is C18H22N4O3. The average Bonchev–Trinajstić information content (AvgIpc) is 3.06. The van der Waals surface area contributed by atoms with Crippen LogP contribution in [0.2, 0.25) is 0 Å². The van der Waals surface area contributed by atoms with Gasteiger partial charge in [-0.25, -0.2) is 9.97 Å². The minimum Gasteiger partial charge on any atom is -0.454 e. The maximum atomic E-state index is 12.4. The summed E-state index contributed by atoms with van der Waals surface area (Å²) in [6.45, 7) is 6.58. The van der Waals surface area contributed by atoms with Gasteiger partial charge in [0.15, 0.2) is 11.5 Å². The number of ether oxygens (including phenoxy) is 2. The van der Waals surface area contributed by atoms with Crippen LogP contribution in [-0.4, -0.2) is 28.7 Å². The van der Waals surface area contributed by atoms with Crippen molar-refractivity contribution in [3.05, 3.63) is 41.2 Å². The molecule has 0 radical (unpaired) electrons. The summed E-state index contributed by atoms with van der Waals surface area (Å²) < 4.78 is 10.6. The molecule has 0 saturated carbocycles. The summed E-state index contributed by atoms with van der Waals surface area (Å²) in [6.07, 6.45) is 0.947. The number of nitrogens with zero attached hydrogens (tertiary/aromatic N) is 2. The molecule has 2 aromatic rings. The zero-order chi connectivity index (χ0) is 17.8. The number of anilines is 1. The van der Waals surface area contributed by atoms with Gasteiger partial charge in [-0.3, -0.25) is 4.79 Å². The van der Waals surface area contributed by atoms with Gasteiger partial charge in [0, 0.05) is 18.3 Å². The number of amides is 1. The van der Waals surface area contributed by atoms with Crippen molar-refractivity contribution in [1.82, 2.24) is 15.3 Å². The van der Waals surface area contributed by atoms with Gasteiger partial charge < -0.3 is 20.1 Å². The lowest BCUT2D eigenvalue weighted by molar-refractivity contribution is 0.0945. The van der Waals surface area contributed by atoms with E-state index in [1.54, 1.807) is 6.07 Å². The zero-order valence-electron chi connectivity index (χ0n) is 14.6. The fourth-order valence-electron chi connectivity index (χ4n) is 2.40. The van der Waals surface area contributed by atoms with Gasteiger partial charge in [0.2, 0.25) is 12.7 Å². The van der Waals surface area contributed by atoms with Gasteiger partial charge in [0.1, 0.15) is 5.69 Å². The lowest BCUT2D eigenvalue weighted by Gasteiger charge is -2.13. The second-order valence-electron chi connectivity index (χ2n) is 6.04. The highest BCUT2D eigenvalue weighted by atomic mass is 16.7. The summed E-state index contributed by atoms with van der Waals surface area (Å²) >= 11 is 0. The second kappa shape index (κ2) is 7.38. The molecule has 1 aromatic heterocycles. The molecule has 0 aliphatic carbocycles. The van der Waals surface area contributed by atoms with E-state index in [0.717, 1.165) is 23.4 Å². The quantitative estimate of drug-likeness (QED) is 0.839. The van der Waals surface area contributed by atoms with E-state index in [9.17, 15) is 4.79 Å². The van der Waals surface area contributed by atoms with Crippen LogP contribution in [0.25, 0.3) is 0 Å². The van der Waals surface area contributed by atoms with Crippen LogP contribution >= 0.6 is 0 Å². The van der Waals surface area contributed by atoms with Crippen LogP contribution in [0.15, 0.2) is 24.3 Å². The number of aryl methyl sites for hydroxylation is 1. The number of fused-ring (bicyclic) bond motifs is 1. The van der Waals surface area contributed by atoms with E-state index >= 15 is 0 Å². The number of carbonyl (C=O) groups is 1. The molecule has 0 spiro atoms. The summed E-state index contributed by atoms with van der Waals surface area (Å²) in [7, 11) is 0. The Hall–Kier alpha value is -2.83. The van der Waals surface area contributed by atoms with Crippen molar-refractivity contribution in [3.8, 4) is 11.5 Å². The van der Waals surface area contributed by atoms with E-state index < -0.39 is 0 Å². The van der Waals surface area contributed by atoms with E-state index in [1.165, 1.54) is 0 Å². The Kier molecular flexibility index (Phi) is 5.02. The number of benzene rings is 1. The van der Waals surface area contributed by atoms with Gasteiger partial charge in [0.25, 0.3) is 5.91 Å². The maximum absolute atomic E-state index is 12.4. The Morgan fingerprint density at radius 1 is 1.24 bits per heavy atom. The minimum atomic E-state index is -0.240. The molecule has 0 bridgehead atoms. The summed E-state index contributed by atoms with van der Waals surface area (Å²) in [5.41, 5.74) is 2.02. The smallest absolute Gasteiger partial charge is 0.270 e. The fourth-order valence-corrected chi connectivity index (χ4v) is 2.40. The monoisotopic (exact) mass is 342 g/mol. The first kappa shape index (κ1) is 17.0. The molecule has 7 nitrogen and oxygen atoms in total. The van der Waals surface area contributed by atoms with Crippen LogP contribution in [-0.2, 0) is 6.54 Å². The predicted molar refractivity (Wildman–Crippen MR) is 93.9 cm³/mol. The molecule has 2 N–H and O–H groups in total. The maximum Gasteiger partial charge on any atom is 0.270 e. The van der Waals surface area contributed by atoms with E-state index in [2.05, 4.69) is 27.5 Å². The van der Waals surface area contributed by atoms with Crippen LogP contribution in [0.4, 0.5) is 5.95 Å². The van der Waals surface area contributed by atoms with Gasteiger partial charge in [-0.1, -0.05) is 13.0 Å². The number of rotatable bonds is 6. The normalized spacial score (nSPS) is 13.4. The van der Waals surface area contributed by atoms with Gasteiger partial charge in [0.05, 0.1) is 0 Å². The van der Waals surface area contributed by atoms with Crippen molar-refractivity contribution in [2.75, 3.05) is 12.1 Å². The van der Waals surface area contributed by atoms with Crippen molar-refractivity contribution in [1.29, 1.82) is 0 Å². The van der Waals surface area contributed by atoms with E-state index in [0.29, 0.717) is 23.9 Å². The van der Waals surface area contributed by atoms with E-state index in [4.69, 9.17) is 9.47 Å². The van der Waals surface area contributed by atoms with Crippen molar-refractivity contribution in [3.63, 3.8) is 0 Å². The number of carbonyl (C=O) groups excluding carboxylic acids is 1. The number of hydrogen-bond donors (Lipinski definition) is 2. The lowest BCUT2D eigenvalue weighted by atomic mass is 10.2. The molecule has 1 aliphatic heterocycles. The van der Waals surface area contributed by atoms with Gasteiger partial charge in [-0.05, 0) is 44.0 Å². The first-order valence-corrected chi connectivity index (χ1v) is 8.34. The van der Waals surface area contributed by atoms with Crippen LogP contribution in [0.5, 0.6) is 11.5 Å². The predicted octanol–water partition coefficient (Wildman–Crippen LogP) is 2.65.